The number of carboxylic acid groups (broad SMARTS) is 2. The quantitative estimate of drug-likeness (QED) is 0.337. The molecule has 172 valence electrons. The van der Waals surface area contributed by atoms with Crippen LogP contribution in [0.5, 0.6) is 5.75 Å². The van der Waals surface area contributed by atoms with Crippen molar-refractivity contribution in [3.8, 4) is 5.75 Å². The van der Waals surface area contributed by atoms with Gasteiger partial charge < -0.3 is 40.3 Å². The number of ether oxygens (including phenoxy) is 2. The zero-order valence-electron chi connectivity index (χ0n) is 16.2. The maximum atomic E-state index is 11.2. The molecule has 32 heavy (non-hydrogen) atoms. The second kappa shape index (κ2) is 9.90. The lowest BCUT2D eigenvalue weighted by Gasteiger charge is -2.38. The zero-order valence-corrected chi connectivity index (χ0v) is 17.7. The highest BCUT2D eigenvalue weighted by atomic mass is 35.5. The molecule has 3 rings (SSSR count). The molecule has 0 saturated carbocycles. The van der Waals surface area contributed by atoms with Crippen molar-refractivity contribution in [2.45, 2.75) is 37.1 Å². The average molecular weight is 488 g/mol. The van der Waals surface area contributed by atoms with Crippen LogP contribution in [-0.4, -0.2) is 68.2 Å². The number of aliphatic hydroxyl groups is 3. The summed E-state index contributed by atoms with van der Waals surface area (Å²) < 4.78 is 10.5. The van der Waals surface area contributed by atoms with Crippen molar-refractivity contribution < 1.29 is 44.6 Å². The number of benzene rings is 2. The Bertz CT molecular complexity index is 995. The van der Waals surface area contributed by atoms with Gasteiger partial charge in [0.2, 0.25) is 6.29 Å². The summed E-state index contributed by atoms with van der Waals surface area (Å²) in [6, 6.07) is 9.29. The fourth-order valence-electron chi connectivity index (χ4n) is 3.11. The molecule has 5 atom stereocenters. The molecular formula is C20H19Cl2NO9. The van der Waals surface area contributed by atoms with Crippen LogP contribution in [0.4, 0.5) is 11.4 Å². The molecule has 0 aromatic heterocycles. The molecule has 1 saturated heterocycles. The van der Waals surface area contributed by atoms with E-state index < -0.39 is 42.6 Å². The first-order valence-corrected chi connectivity index (χ1v) is 9.99. The lowest BCUT2D eigenvalue weighted by atomic mass is 9.99. The second-order valence-corrected chi connectivity index (χ2v) is 7.78. The van der Waals surface area contributed by atoms with Gasteiger partial charge in [-0.05, 0) is 11.6 Å². The predicted molar refractivity (Wildman–Crippen MR) is 112 cm³/mol. The topological polar surface area (TPSA) is 166 Å². The SMILES string of the molecule is O=C(O)Cc1ccccc1Nc1c(Cl)cc(OC2O[C@H](C(=O)O)[C@@H](O)[C@H](O)[C@H]2O)cc1Cl. The monoisotopic (exact) mass is 487 g/mol. The molecule has 0 aliphatic carbocycles. The standard InChI is InChI=1S/C20H19Cl2NO9/c21-10-6-9(31-20-17(28)15(26)16(27)18(32-20)19(29)30)7-11(22)14(10)23-12-4-2-1-3-8(12)5-13(24)25/h1-4,6-7,15-18,20,23,26-28H,5H2,(H,24,25)(H,29,30)/t15-,16-,17+,18-,20?/m0/s1. The van der Waals surface area contributed by atoms with Crippen LogP contribution in [0, 0.1) is 0 Å². The Labute approximate surface area is 191 Å². The zero-order chi connectivity index (χ0) is 23.6. The van der Waals surface area contributed by atoms with Crippen molar-refractivity contribution in [3.63, 3.8) is 0 Å². The number of nitrogens with one attached hydrogen (secondary N) is 1. The highest BCUT2D eigenvalue weighted by Crippen LogP contribution is 2.38. The molecule has 0 bridgehead atoms. The van der Waals surface area contributed by atoms with Crippen LogP contribution in [0.25, 0.3) is 0 Å². The van der Waals surface area contributed by atoms with Crippen molar-refractivity contribution in [2.75, 3.05) is 5.32 Å². The predicted octanol–water partition coefficient (Wildman–Crippen LogP) is 1.64. The van der Waals surface area contributed by atoms with Gasteiger partial charge in [0.1, 0.15) is 24.1 Å². The smallest absolute Gasteiger partial charge is 0.335 e. The largest absolute Gasteiger partial charge is 0.481 e. The molecule has 6 N–H and O–H groups in total. The summed E-state index contributed by atoms with van der Waals surface area (Å²) >= 11 is 12.6. The third kappa shape index (κ3) is 5.23. The molecule has 1 aliphatic heterocycles. The number of halogens is 2. The first kappa shape index (κ1) is 24.1. The Balaban J connectivity index is 1.82. The van der Waals surface area contributed by atoms with E-state index in [9.17, 15) is 24.9 Å². The van der Waals surface area contributed by atoms with Gasteiger partial charge in [-0.3, -0.25) is 4.79 Å². The summed E-state index contributed by atoms with van der Waals surface area (Å²) in [6.07, 6.45) is -9.11. The van der Waals surface area contributed by atoms with Gasteiger partial charge >= 0.3 is 11.9 Å². The summed E-state index contributed by atoms with van der Waals surface area (Å²) in [6.45, 7) is 0. The van der Waals surface area contributed by atoms with Crippen molar-refractivity contribution >= 4 is 46.5 Å². The van der Waals surface area contributed by atoms with Crippen molar-refractivity contribution in [2.24, 2.45) is 0 Å². The summed E-state index contributed by atoms with van der Waals surface area (Å²) in [4.78, 5) is 22.3. The lowest BCUT2D eigenvalue weighted by Crippen LogP contribution is -2.61. The number of para-hydroxylation sites is 1. The van der Waals surface area contributed by atoms with E-state index in [0.29, 0.717) is 11.3 Å². The Kier molecular flexibility index (Phi) is 7.44. The van der Waals surface area contributed by atoms with Gasteiger partial charge in [-0.2, -0.15) is 0 Å². The van der Waals surface area contributed by atoms with Crippen LogP contribution in [0.1, 0.15) is 5.56 Å². The number of aliphatic carboxylic acids is 2. The minimum absolute atomic E-state index is 0.0128. The molecule has 10 nitrogen and oxygen atoms in total. The van der Waals surface area contributed by atoms with Gasteiger partial charge in [0.25, 0.3) is 0 Å². The summed E-state index contributed by atoms with van der Waals surface area (Å²) in [5, 5.41) is 51.0. The number of hydrogen-bond acceptors (Lipinski definition) is 8. The van der Waals surface area contributed by atoms with Gasteiger partial charge in [0, 0.05) is 17.8 Å². The third-order valence-corrected chi connectivity index (χ3v) is 5.30. The number of rotatable bonds is 7. The number of carboxylic acids is 2. The molecule has 1 heterocycles. The van der Waals surface area contributed by atoms with E-state index in [2.05, 4.69) is 5.32 Å². The highest BCUT2D eigenvalue weighted by Gasteiger charge is 2.48. The van der Waals surface area contributed by atoms with Crippen LogP contribution >= 0.6 is 23.2 Å². The molecule has 0 amide bonds. The molecule has 0 spiro atoms. The Hall–Kier alpha value is -2.60. The molecule has 2 aromatic rings. The maximum Gasteiger partial charge on any atom is 0.335 e. The van der Waals surface area contributed by atoms with E-state index in [4.69, 9.17) is 42.9 Å². The van der Waals surface area contributed by atoms with Gasteiger partial charge in [-0.1, -0.05) is 41.4 Å². The molecule has 1 aliphatic rings. The number of aliphatic hydroxyl groups excluding tert-OH is 3. The highest BCUT2D eigenvalue weighted by molar-refractivity contribution is 6.39. The molecule has 2 aromatic carbocycles. The van der Waals surface area contributed by atoms with Crippen molar-refractivity contribution in [3.05, 3.63) is 52.0 Å². The molecule has 1 unspecified atom stereocenters. The van der Waals surface area contributed by atoms with Crippen LogP contribution in [0.3, 0.4) is 0 Å². The third-order valence-electron chi connectivity index (χ3n) is 4.70. The first-order valence-electron chi connectivity index (χ1n) is 9.23. The van der Waals surface area contributed by atoms with E-state index in [1.54, 1.807) is 24.3 Å². The maximum absolute atomic E-state index is 11.2. The fourth-order valence-corrected chi connectivity index (χ4v) is 3.68. The van der Waals surface area contributed by atoms with E-state index in [-0.39, 0.29) is 27.9 Å². The number of carbonyl (C=O) groups is 2. The van der Waals surface area contributed by atoms with Crippen LogP contribution in [0.15, 0.2) is 36.4 Å². The lowest BCUT2D eigenvalue weighted by molar-refractivity contribution is -0.271. The number of hydrogen-bond donors (Lipinski definition) is 6. The molecule has 12 heteroatoms. The van der Waals surface area contributed by atoms with E-state index in [1.165, 1.54) is 12.1 Å². The van der Waals surface area contributed by atoms with Crippen molar-refractivity contribution in [1.29, 1.82) is 0 Å². The van der Waals surface area contributed by atoms with Crippen LogP contribution in [0.2, 0.25) is 10.0 Å². The van der Waals surface area contributed by atoms with Crippen LogP contribution in [-0.2, 0) is 20.7 Å². The molecule has 1 fully saturated rings. The minimum Gasteiger partial charge on any atom is -0.481 e. The Morgan fingerprint density at radius 1 is 1.00 bits per heavy atom. The second-order valence-electron chi connectivity index (χ2n) is 6.97. The van der Waals surface area contributed by atoms with E-state index >= 15 is 0 Å². The summed E-state index contributed by atoms with van der Waals surface area (Å²) in [5.41, 5.74) is 1.22. The summed E-state index contributed by atoms with van der Waals surface area (Å²) in [7, 11) is 0. The van der Waals surface area contributed by atoms with Gasteiger partial charge in [-0.25, -0.2) is 4.79 Å². The van der Waals surface area contributed by atoms with E-state index in [0.717, 1.165) is 0 Å². The average Bonchev–Trinajstić information content (AvgIpc) is 2.71. The van der Waals surface area contributed by atoms with Crippen LogP contribution < -0.4 is 10.1 Å². The molecule has 0 radical (unpaired) electrons. The first-order chi connectivity index (χ1) is 15.1. The van der Waals surface area contributed by atoms with E-state index in [1.807, 2.05) is 0 Å². The normalized spacial score (nSPS) is 25.2. The van der Waals surface area contributed by atoms with Gasteiger partial charge in [0.15, 0.2) is 6.10 Å². The van der Waals surface area contributed by atoms with Gasteiger partial charge in [0.05, 0.1) is 22.2 Å². The number of anilines is 2. The minimum atomic E-state index is -1.85. The Morgan fingerprint density at radius 2 is 1.62 bits per heavy atom. The summed E-state index contributed by atoms with van der Waals surface area (Å²) in [5.74, 6) is -2.58. The fraction of sp³-hybridized carbons (Fsp3) is 0.300. The van der Waals surface area contributed by atoms with Crippen molar-refractivity contribution in [1.82, 2.24) is 0 Å². The van der Waals surface area contributed by atoms with Gasteiger partial charge in [-0.15, -0.1) is 0 Å². The molecular weight excluding hydrogens is 469 g/mol. The Morgan fingerprint density at radius 3 is 2.22 bits per heavy atom.